The second-order valence-corrected chi connectivity index (χ2v) is 5.49. The van der Waals surface area contributed by atoms with Gasteiger partial charge in [-0.15, -0.1) is 24.0 Å². The number of nitrogens with two attached hydrogens (primary N) is 1. The van der Waals surface area contributed by atoms with Crippen LogP contribution in [-0.2, 0) is 9.53 Å². The number of rotatable bonds is 7. The summed E-state index contributed by atoms with van der Waals surface area (Å²) in [7, 11) is 1.62. The average molecular weight is 485 g/mol. The molecule has 0 radical (unpaired) electrons. The van der Waals surface area contributed by atoms with E-state index in [0.717, 1.165) is 10.2 Å². The molecule has 1 aromatic rings. The molecule has 0 spiro atoms. The van der Waals surface area contributed by atoms with Gasteiger partial charge < -0.3 is 21.1 Å². The Morgan fingerprint density at radius 3 is 2.64 bits per heavy atom. The molecule has 0 aliphatic rings. The molecule has 1 amide bonds. The van der Waals surface area contributed by atoms with Crippen LogP contribution in [-0.4, -0.2) is 38.2 Å². The van der Waals surface area contributed by atoms with E-state index in [9.17, 15) is 4.79 Å². The fourth-order valence-electron chi connectivity index (χ4n) is 1.62. The summed E-state index contributed by atoms with van der Waals surface area (Å²) in [5.41, 5.74) is 6.46. The van der Waals surface area contributed by atoms with Gasteiger partial charge >= 0.3 is 0 Å². The highest BCUT2D eigenvalue weighted by molar-refractivity contribution is 14.0. The minimum Gasteiger partial charge on any atom is -0.383 e. The molecule has 0 fully saturated rings. The Hall–Kier alpha value is -0.870. The van der Waals surface area contributed by atoms with Gasteiger partial charge in [-0.2, -0.15) is 0 Å². The summed E-state index contributed by atoms with van der Waals surface area (Å²) in [6.45, 7) is 2.81. The second kappa shape index (κ2) is 11.7. The van der Waals surface area contributed by atoms with Crippen molar-refractivity contribution in [3.63, 3.8) is 0 Å². The zero-order valence-electron chi connectivity index (χ0n) is 12.6. The maximum Gasteiger partial charge on any atom is 0.226 e. The number of amides is 1. The van der Waals surface area contributed by atoms with E-state index in [2.05, 4.69) is 31.6 Å². The maximum absolute atomic E-state index is 11.7. The van der Waals surface area contributed by atoms with Crippen molar-refractivity contribution in [3.05, 3.63) is 28.7 Å². The molecule has 1 aromatic carbocycles. The lowest BCUT2D eigenvalue weighted by Crippen LogP contribution is -2.40. The minimum atomic E-state index is -0.0983. The summed E-state index contributed by atoms with van der Waals surface area (Å²) in [6.07, 6.45) is 0.275. The summed E-state index contributed by atoms with van der Waals surface area (Å²) in [5.74, 6) is 0.217. The number of hydrogen-bond acceptors (Lipinski definition) is 3. The van der Waals surface area contributed by atoms with E-state index in [1.165, 1.54) is 0 Å². The van der Waals surface area contributed by atoms with E-state index in [0.29, 0.717) is 19.1 Å². The zero-order chi connectivity index (χ0) is 15.7. The van der Waals surface area contributed by atoms with E-state index in [4.69, 9.17) is 10.5 Å². The van der Waals surface area contributed by atoms with Crippen molar-refractivity contribution in [2.75, 3.05) is 25.6 Å². The van der Waals surface area contributed by atoms with E-state index in [-0.39, 0.29) is 42.3 Å². The van der Waals surface area contributed by atoms with Crippen LogP contribution in [0.25, 0.3) is 0 Å². The van der Waals surface area contributed by atoms with Crippen molar-refractivity contribution in [1.29, 1.82) is 0 Å². The summed E-state index contributed by atoms with van der Waals surface area (Å²) >= 11 is 3.34. The molecule has 4 N–H and O–H groups in total. The molecule has 0 saturated heterocycles. The van der Waals surface area contributed by atoms with Gasteiger partial charge in [-0.3, -0.25) is 9.79 Å². The van der Waals surface area contributed by atoms with Crippen LogP contribution in [0, 0.1) is 0 Å². The highest BCUT2D eigenvalue weighted by atomic mass is 127. The highest BCUT2D eigenvalue weighted by Crippen LogP contribution is 2.14. The van der Waals surface area contributed by atoms with E-state index in [1.807, 2.05) is 31.2 Å². The van der Waals surface area contributed by atoms with Crippen molar-refractivity contribution in [3.8, 4) is 0 Å². The zero-order valence-corrected chi connectivity index (χ0v) is 16.6. The number of benzene rings is 1. The number of guanidine groups is 1. The fraction of sp³-hybridized carbons (Fsp3) is 0.429. The third-order valence-corrected chi connectivity index (χ3v) is 3.09. The van der Waals surface area contributed by atoms with Crippen LogP contribution in [0.4, 0.5) is 5.69 Å². The van der Waals surface area contributed by atoms with Gasteiger partial charge in [0.05, 0.1) is 13.2 Å². The molecule has 0 heterocycles. The molecule has 0 aliphatic heterocycles. The Balaban J connectivity index is 0.00000441. The molecule has 0 aliphatic carbocycles. The van der Waals surface area contributed by atoms with Crippen LogP contribution >= 0.6 is 39.9 Å². The Labute approximate surface area is 156 Å². The number of halogens is 2. The van der Waals surface area contributed by atoms with E-state index >= 15 is 0 Å². The number of aliphatic imine (C=N–C) groups is 1. The van der Waals surface area contributed by atoms with E-state index in [1.54, 1.807) is 7.11 Å². The minimum absolute atomic E-state index is 0. The third kappa shape index (κ3) is 9.21. The first-order valence-electron chi connectivity index (χ1n) is 6.62. The largest absolute Gasteiger partial charge is 0.383 e. The number of hydrogen-bond donors (Lipinski definition) is 3. The molecule has 1 rings (SSSR count). The van der Waals surface area contributed by atoms with Crippen molar-refractivity contribution in [2.45, 2.75) is 19.4 Å². The third-order valence-electron chi connectivity index (χ3n) is 2.56. The molecule has 0 aromatic heterocycles. The molecular formula is C14H22BrIN4O2. The molecular weight excluding hydrogens is 463 g/mol. The van der Waals surface area contributed by atoms with Crippen molar-refractivity contribution in [1.82, 2.24) is 5.32 Å². The van der Waals surface area contributed by atoms with Gasteiger partial charge in [-0.05, 0) is 31.2 Å². The number of anilines is 1. The number of carbonyl (C=O) groups is 1. The Kier molecular flexibility index (Phi) is 11.2. The molecule has 8 heteroatoms. The number of ether oxygens (including phenoxy) is 1. The van der Waals surface area contributed by atoms with Crippen molar-refractivity contribution in [2.24, 2.45) is 10.7 Å². The molecule has 124 valence electrons. The molecule has 1 atom stereocenters. The van der Waals surface area contributed by atoms with Crippen molar-refractivity contribution >= 4 is 57.5 Å². The molecule has 0 saturated carbocycles. The van der Waals surface area contributed by atoms with E-state index < -0.39 is 0 Å². The van der Waals surface area contributed by atoms with Crippen molar-refractivity contribution < 1.29 is 9.53 Å². The summed E-state index contributed by atoms with van der Waals surface area (Å²) in [4.78, 5) is 15.8. The summed E-state index contributed by atoms with van der Waals surface area (Å²) in [6, 6.07) is 7.47. The Morgan fingerprint density at radius 1 is 1.41 bits per heavy atom. The lowest BCUT2D eigenvalue weighted by atomic mass is 10.3. The number of carbonyl (C=O) groups excluding carboxylic acids is 1. The predicted molar refractivity (Wildman–Crippen MR) is 104 cm³/mol. The van der Waals surface area contributed by atoms with Gasteiger partial charge in [0, 0.05) is 29.7 Å². The van der Waals surface area contributed by atoms with Gasteiger partial charge in [0.1, 0.15) is 0 Å². The lowest BCUT2D eigenvalue weighted by molar-refractivity contribution is -0.116. The van der Waals surface area contributed by atoms with Gasteiger partial charge in [0.25, 0.3) is 0 Å². The van der Waals surface area contributed by atoms with Crippen LogP contribution in [0.5, 0.6) is 0 Å². The lowest BCUT2D eigenvalue weighted by Gasteiger charge is -2.12. The second-order valence-electron chi connectivity index (χ2n) is 4.57. The van der Waals surface area contributed by atoms with Crippen LogP contribution < -0.4 is 16.4 Å². The molecule has 6 nitrogen and oxygen atoms in total. The monoisotopic (exact) mass is 484 g/mol. The highest BCUT2D eigenvalue weighted by Gasteiger charge is 2.04. The van der Waals surface area contributed by atoms with Gasteiger partial charge in [-0.1, -0.05) is 15.9 Å². The normalized spacial score (nSPS) is 12.2. The first-order valence-corrected chi connectivity index (χ1v) is 7.41. The predicted octanol–water partition coefficient (Wildman–Crippen LogP) is 2.33. The first-order chi connectivity index (χ1) is 10.0. The number of nitrogens with one attached hydrogen (secondary N) is 2. The maximum atomic E-state index is 11.7. The molecule has 22 heavy (non-hydrogen) atoms. The number of nitrogens with zero attached hydrogens (tertiary/aromatic N) is 1. The SMILES string of the molecule is COCC(C)NC(N)=NCCC(=O)Nc1ccc(Br)cc1.I. The Bertz CT molecular complexity index is 482. The van der Waals surface area contributed by atoms with Gasteiger partial charge in [0.15, 0.2) is 5.96 Å². The van der Waals surface area contributed by atoms with Gasteiger partial charge in [-0.25, -0.2) is 0 Å². The van der Waals surface area contributed by atoms with Gasteiger partial charge in [0.2, 0.25) is 5.91 Å². The molecule has 1 unspecified atom stereocenters. The summed E-state index contributed by atoms with van der Waals surface area (Å²) in [5, 5.41) is 5.77. The number of methoxy groups -OCH3 is 1. The van der Waals surface area contributed by atoms with Crippen LogP contribution in [0.15, 0.2) is 33.7 Å². The van der Waals surface area contributed by atoms with Crippen LogP contribution in [0.3, 0.4) is 0 Å². The smallest absolute Gasteiger partial charge is 0.226 e. The standard InChI is InChI=1S/C14H21BrN4O2.HI/c1-10(9-21-2)18-14(16)17-8-7-13(20)19-12-5-3-11(15)4-6-12;/h3-6,10H,7-9H2,1-2H3,(H,19,20)(H3,16,17,18);1H. The first kappa shape index (κ1) is 21.1. The topological polar surface area (TPSA) is 88.7 Å². The summed E-state index contributed by atoms with van der Waals surface area (Å²) < 4.78 is 5.95. The Morgan fingerprint density at radius 2 is 2.05 bits per heavy atom. The molecule has 0 bridgehead atoms. The fourth-order valence-corrected chi connectivity index (χ4v) is 1.89. The van der Waals surface area contributed by atoms with Crippen LogP contribution in [0.1, 0.15) is 13.3 Å². The quantitative estimate of drug-likeness (QED) is 0.315. The average Bonchev–Trinajstić information content (AvgIpc) is 2.41. The van der Waals surface area contributed by atoms with Crippen LogP contribution in [0.2, 0.25) is 0 Å².